The van der Waals surface area contributed by atoms with Gasteiger partial charge in [-0.25, -0.2) is 0 Å². The second-order valence-corrected chi connectivity index (χ2v) is 4.12. The van der Waals surface area contributed by atoms with Gasteiger partial charge in [0.1, 0.15) is 11.9 Å². The molecule has 78 valence electrons. The Morgan fingerprint density at radius 2 is 2.07 bits per heavy atom. The molecule has 2 heteroatoms. The van der Waals surface area contributed by atoms with Gasteiger partial charge in [0.2, 0.25) is 0 Å². The van der Waals surface area contributed by atoms with Crippen LogP contribution in [0.5, 0.6) is 0 Å². The summed E-state index contributed by atoms with van der Waals surface area (Å²) in [5, 5.41) is 0. The van der Waals surface area contributed by atoms with E-state index in [0.717, 1.165) is 31.8 Å². The Morgan fingerprint density at radius 1 is 1.36 bits per heavy atom. The van der Waals surface area contributed by atoms with Crippen LogP contribution >= 0.6 is 0 Å². The second kappa shape index (κ2) is 4.18. The van der Waals surface area contributed by atoms with Gasteiger partial charge in [0, 0.05) is 13.1 Å². The predicted molar refractivity (Wildman–Crippen MR) is 58.1 cm³/mol. The molecular weight excluding hydrogens is 174 g/mol. The highest BCUT2D eigenvalue weighted by atomic mass is 16.5. The molecule has 1 aliphatic carbocycles. The molecule has 14 heavy (non-hydrogen) atoms. The van der Waals surface area contributed by atoms with E-state index in [9.17, 15) is 0 Å². The molecule has 0 atom stereocenters. The van der Waals surface area contributed by atoms with Crippen LogP contribution in [0.3, 0.4) is 0 Å². The van der Waals surface area contributed by atoms with Crippen LogP contribution < -0.4 is 0 Å². The van der Waals surface area contributed by atoms with E-state index in [0.29, 0.717) is 6.10 Å². The molecule has 0 amide bonds. The Bertz CT molecular complexity index is 261. The summed E-state index contributed by atoms with van der Waals surface area (Å²) in [7, 11) is 0. The molecule has 0 bridgehead atoms. The zero-order valence-electron chi connectivity index (χ0n) is 9.12. The quantitative estimate of drug-likeness (QED) is 0.682. The van der Waals surface area contributed by atoms with Crippen molar-refractivity contribution in [2.45, 2.75) is 32.8 Å². The smallest absolute Gasteiger partial charge is 0.124 e. The molecule has 0 radical (unpaired) electrons. The lowest BCUT2D eigenvalue weighted by Gasteiger charge is -2.39. The van der Waals surface area contributed by atoms with Gasteiger partial charge in [0.15, 0.2) is 0 Å². The zero-order valence-corrected chi connectivity index (χ0v) is 9.12. The van der Waals surface area contributed by atoms with Crippen LogP contribution in [-0.4, -0.2) is 30.6 Å². The Morgan fingerprint density at radius 3 is 2.71 bits per heavy atom. The number of ether oxygens (including phenoxy) is 1. The number of likely N-dealkylation sites (tertiary alicyclic amines) is 1. The highest BCUT2D eigenvalue weighted by Gasteiger charge is 2.27. The van der Waals surface area contributed by atoms with Gasteiger partial charge in [0.05, 0.1) is 0 Å². The van der Waals surface area contributed by atoms with Crippen LogP contribution in [0, 0.1) is 0 Å². The van der Waals surface area contributed by atoms with Crippen LogP contribution in [-0.2, 0) is 4.74 Å². The van der Waals surface area contributed by atoms with Crippen molar-refractivity contribution in [3.05, 3.63) is 23.5 Å². The Labute approximate surface area is 86.2 Å². The second-order valence-electron chi connectivity index (χ2n) is 4.12. The molecule has 0 spiro atoms. The summed E-state index contributed by atoms with van der Waals surface area (Å²) in [6, 6.07) is 0. The average Bonchev–Trinajstić information content (AvgIpc) is 2.13. The number of hydrogen-bond acceptors (Lipinski definition) is 2. The van der Waals surface area contributed by atoms with Gasteiger partial charge in [-0.3, -0.25) is 4.90 Å². The topological polar surface area (TPSA) is 12.5 Å². The van der Waals surface area contributed by atoms with Crippen LogP contribution in [0.4, 0.5) is 0 Å². The van der Waals surface area contributed by atoms with Gasteiger partial charge in [-0.1, -0.05) is 13.0 Å². The molecule has 1 fully saturated rings. The lowest BCUT2D eigenvalue weighted by atomic mass is 10.1. The molecule has 0 aromatic rings. The summed E-state index contributed by atoms with van der Waals surface area (Å²) in [5.74, 6) is 1.12. The fraction of sp³-hybridized carbons (Fsp3) is 0.667. The van der Waals surface area contributed by atoms with Crippen molar-refractivity contribution < 1.29 is 4.74 Å². The molecule has 2 rings (SSSR count). The summed E-state index contributed by atoms with van der Waals surface area (Å²) in [6.45, 7) is 7.68. The normalized spacial score (nSPS) is 23.9. The number of hydrogen-bond donors (Lipinski definition) is 0. The first-order valence-electron chi connectivity index (χ1n) is 5.56. The minimum atomic E-state index is 0.433. The van der Waals surface area contributed by atoms with Crippen molar-refractivity contribution >= 4 is 0 Å². The van der Waals surface area contributed by atoms with Crippen LogP contribution in [0.1, 0.15) is 26.7 Å². The van der Waals surface area contributed by atoms with E-state index in [1.807, 2.05) is 0 Å². The summed E-state index contributed by atoms with van der Waals surface area (Å²) >= 11 is 0. The van der Waals surface area contributed by atoms with Crippen molar-refractivity contribution in [3.8, 4) is 0 Å². The van der Waals surface area contributed by atoms with E-state index in [1.54, 1.807) is 0 Å². The van der Waals surface area contributed by atoms with Crippen molar-refractivity contribution in [3.63, 3.8) is 0 Å². The Balaban J connectivity index is 1.81. The largest absolute Gasteiger partial charge is 0.488 e. The fourth-order valence-electron chi connectivity index (χ4n) is 1.95. The van der Waals surface area contributed by atoms with Gasteiger partial charge in [-0.05, 0) is 38.0 Å². The van der Waals surface area contributed by atoms with Gasteiger partial charge >= 0.3 is 0 Å². The van der Waals surface area contributed by atoms with Crippen molar-refractivity contribution in [2.24, 2.45) is 0 Å². The Kier molecular flexibility index (Phi) is 2.92. The predicted octanol–water partition coefficient (Wildman–Crippen LogP) is 2.33. The van der Waals surface area contributed by atoms with Crippen molar-refractivity contribution in [1.82, 2.24) is 4.90 Å². The fourth-order valence-corrected chi connectivity index (χ4v) is 1.95. The molecule has 1 aliphatic heterocycles. The third-order valence-corrected chi connectivity index (χ3v) is 3.00. The van der Waals surface area contributed by atoms with Gasteiger partial charge < -0.3 is 4.74 Å². The maximum Gasteiger partial charge on any atom is 0.124 e. The maximum atomic E-state index is 5.92. The van der Waals surface area contributed by atoms with E-state index >= 15 is 0 Å². The van der Waals surface area contributed by atoms with Crippen LogP contribution in [0.25, 0.3) is 0 Å². The standard InChI is InChI=1S/C12H19NO/c1-3-13-8-11(9-13)14-12-7-5-4-6-10(12)2/h6-7,11H,3-5,8-9H2,1-2H3. The van der Waals surface area contributed by atoms with Crippen molar-refractivity contribution in [1.29, 1.82) is 0 Å². The number of rotatable bonds is 3. The number of likely N-dealkylation sites (N-methyl/N-ethyl adjacent to an activating group) is 1. The molecule has 0 saturated carbocycles. The first kappa shape index (κ1) is 9.78. The van der Waals surface area contributed by atoms with Gasteiger partial charge in [-0.2, -0.15) is 0 Å². The average molecular weight is 193 g/mol. The lowest BCUT2D eigenvalue weighted by molar-refractivity contribution is -0.0163. The highest BCUT2D eigenvalue weighted by molar-refractivity contribution is 5.27. The van der Waals surface area contributed by atoms with E-state index in [1.165, 1.54) is 12.0 Å². The van der Waals surface area contributed by atoms with E-state index in [2.05, 4.69) is 30.9 Å². The highest BCUT2D eigenvalue weighted by Crippen LogP contribution is 2.23. The SMILES string of the molecule is CCN1CC(OC2=CCCC=C2C)C1. The van der Waals surface area contributed by atoms with E-state index in [-0.39, 0.29) is 0 Å². The molecule has 0 N–H and O–H groups in total. The van der Waals surface area contributed by atoms with Crippen LogP contribution in [0.15, 0.2) is 23.5 Å². The van der Waals surface area contributed by atoms with E-state index in [4.69, 9.17) is 4.74 Å². The third kappa shape index (κ3) is 2.01. The molecule has 1 saturated heterocycles. The molecule has 0 aromatic heterocycles. The minimum Gasteiger partial charge on any atom is -0.488 e. The summed E-state index contributed by atoms with van der Waals surface area (Å²) in [6.07, 6.45) is 7.24. The van der Waals surface area contributed by atoms with Gasteiger partial charge in [-0.15, -0.1) is 0 Å². The molecule has 0 unspecified atom stereocenters. The molecule has 2 aliphatic rings. The van der Waals surface area contributed by atoms with Gasteiger partial charge in [0.25, 0.3) is 0 Å². The summed E-state index contributed by atoms with van der Waals surface area (Å²) in [5.41, 5.74) is 1.31. The summed E-state index contributed by atoms with van der Waals surface area (Å²) in [4.78, 5) is 2.40. The monoisotopic (exact) mass is 193 g/mol. The molecular formula is C12H19NO. The van der Waals surface area contributed by atoms with Crippen molar-refractivity contribution in [2.75, 3.05) is 19.6 Å². The molecule has 0 aromatic carbocycles. The van der Waals surface area contributed by atoms with Crippen LogP contribution in [0.2, 0.25) is 0 Å². The first-order chi connectivity index (χ1) is 6.79. The number of nitrogens with zero attached hydrogens (tertiary/aromatic N) is 1. The summed E-state index contributed by atoms with van der Waals surface area (Å²) < 4.78 is 5.92. The third-order valence-electron chi connectivity index (χ3n) is 3.00. The van der Waals surface area contributed by atoms with E-state index < -0.39 is 0 Å². The first-order valence-corrected chi connectivity index (χ1v) is 5.56. The Hall–Kier alpha value is -0.760. The number of allylic oxidation sites excluding steroid dienone is 3. The lowest BCUT2D eigenvalue weighted by Crippen LogP contribution is -2.51. The maximum absolute atomic E-state index is 5.92. The minimum absolute atomic E-state index is 0.433. The molecule has 2 nitrogen and oxygen atoms in total. The molecule has 1 heterocycles. The zero-order chi connectivity index (χ0) is 9.97.